The van der Waals surface area contributed by atoms with Gasteiger partial charge in [-0.25, -0.2) is 21.6 Å². The number of aromatic amines is 1. The highest BCUT2D eigenvalue weighted by Gasteiger charge is 2.70. The highest BCUT2D eigenvalue weighted by atomic mass is 32.3. The van der Waals surface area contributed by atoms with Crippen LogP contribution in [-0.2, 0) is 34.4 Å². The molecule has 2 aliphatic heterocycles. The smallest absolute Gasteiger partial charge is 0.448 e. The number of hydrogen-bond acceptors (Lipinski definition) is 12. The summed E-state index contributed by atoms with van der Waals surface area (Å²) in [7, 11) is -14.6. The van der Waals surface area contributed by atoms with Gasteiger partial charge in [-0.1, -0.05) is 76.1 Å². The van der Waals surface area contributed by atoms with E-state index in [1.54, 1.807) is 60.7 Å². The van der Waals surface area contributed by atoms with Gasteiger partial charge < -0.3 is 4.74 Å². The van der Waals surface area contributed by atoms with Crippen molar-refractivity contribution in [2.45, 2.75) is 45.9 Å². The third-order valence-corrected chi connectivity index (χ3v) is 13.0. The first-order valence-corrected chi connectivity index (χ1v) is 18.0. The molecule has 23 heteroatoms. The van der Waals surface area contributed by atoms with Gasteiger partial charge in [-0.3, -0.25) is 9.69 Å². The van der Waals surface area contributed by atoms with Gasteiger partial charge in [0, 0.05) is 11.0 Å². The Bertz CT molecular complexity index is 1850. The third kappa shape index (κ3) is 6.40. The second kappa shape index (κ2) is 13.0. The molecule has 3 atom stereocenters. The fraction of sp³-hybridized carbons (Fsp3) is 0.320. The first-order valence-electron chi connectivity index (χ1n) is 13.2. The predicted molar refractivity (Wildman–Crippen MR) is 156 cm³/mol. The molecule has 2 aromatic carbocycles. The van der Waals surface area contributed by atoms with Crippen LogP contribution in [0.4, 0.5) is 26.3 Å². The van der Waals surface area contributed by atoms with Gasteiger partial charge in [0.15, 0.2) is 12.1 Å². The van der Waals surface area contributed by atoms with Gasteiger partial charge in [0.25, 0.3) is 5.91 Å². The topological polar surface area (TPSA) is 173 Å². The Balaban J connectivity index is 1.61. The lowest BCUT2D eigenvalue weighted by atomic mass is 10.0. The molecule has 0 aliphatic carbocycles. The van der Waals surface area contributed by atoms with Crippen molar-refractivity contribution >= 4 is 55.4 Å². The van der Waals surface area contributed by atoms with Crippen LogP contribution in [0.2, 0.25) is 0 Å². The van der Waals surface area contributed by atoms with E-state index in [0.29, 0.717) is 27.8 Å². The molecule has 0 radical (unpaired) electrons. The Kier molecular flexibility index (Phi) is 9.64. The highest BCUT2D eigenvalue weighted by Crippen LogP contribution is 2.49. The predicted octanol–water partition coefficient (Wildman–Crippen LogP) is 3.55. The number of tetrazole rings is 1. The van der Waals surface area contributed by atoms with Crippen LogP contribution < -0.4 is 0 Å². The second-order valence-electron chi connectivity index (χ2n) is 9.92. The summed E-state index contributed by atoms with van der Waals surface area (Å²) in [6.07, 6.45) is -1.14. The molecule has 13 nitrogen and oxygen atoms in total. The molecule has 1 fully saturated rings. The number of H-pyrrole nitrogens is 1. The number of alkyl halides is 6. The number of carbonyl (C=O) groups is 2. The molecular formula is C25H20F6N6O7S4. The van der Waals surface area contributed by atoms with Gasteiger partial charge in [-0.05, 0) is 28.8 Å². The van der Waals surface area contributed by atoms with Gasteiger partial charge in [-0.15, -0.1) is 22.0 Å². The molecule has 0 saturated carbocycles. The van der Waals surface area contributed by atoms with Crippen LogP contribution in [0.1, 0.15) is 24.2 Å². The van der Waals surface area contributed by atoms with Gasteiger partial charge in [-0.2, -0.15) is 31.6 Å². The molecule has 1 N–H and O–H groups in total. The van der Waals surface area contributed by atoms with Gasteiger partial charge in [0.1, 0.15) is 11.1 Å². The van der Waals surface area contributed by atoms with Gasteiger partial charge in [0.2, 0.25) is 5.16 Å². The van der Waals surface area contributed by atoms with Crippen LogP contribution in [0.3, 0.4) is 0 Å². The van der Waals surface area contributed by atoms with Crippen LogP contribution in [0.25, 0.3) is 0 Å². The van der Waals surface area contributed by atoms with Crippen LogP contribution in [0.15, 0.2) is 77.1 Å². The number of benzene rings is 2. The standard InChI is InChI=1S/C25H20F6N6O7S4/c1-13(46-23-32-34-35-33-23)16-12-45-21-18(37(47(40,41)24(26,27)28)48(42,43)25(29,30)31)20(38)36(21)17(16)22(39)44-19(14-8-4-2-5-9-14)15-10-6-3-7-11-15/h2-11,13,18-19,21H,12H2,1H3,(H,32,33,34,35)/t13?,18?,21-/m1/s1. The average Bonchev–Trinajstić information content (AvgIpc) is 3.54. The number of β-lactam (4-membered cyclic amide) rings is 1. The third-order valence-electron chi connectivity index (χ3n) is 6.98. The van der Waals surface area contributed by atoms with E-state index in [1.807, 2.05) is 0 Å². The lowest BCUT2D eigenvalue weighted by Crippen LogP contribution is -2.73. The van der Waals surface area contributed by atoms with Crippen molar-refractivity contribution in [3.05, 3.63) is 83.1 Å². The fourth-order valence-corrected chi connectivity index (χ4v) is 10.4. The van der Waals surface area contributed by atoms with Crippen molar-refractivity contribution in [2.24, 2.45) is 0 Å². The minimum atomic E-state index is -7.31. The maximum Gasteiger partial charge on any atom is 0.512 e. The number of aromatic nitrogens is 4. The summed E-state index contributed by atoms with van der Waals surface area (Å²) in [5.74, 6) is -3.50. The molecule has 0 bridgehead atoms. The van der Waals surface area contributed by atoms with Crippen molar-refractivity contribution in [3.63, 3.8) is 0 Å². The lowest BCUT2D eigenvalue weighted by Gasteiger charge is -2.52. The summed E-state index contributed by atoms with van der Waals surface area (Å²) >= 11 is 1.35. The molecule has 48 heavy (non-hydrogen) atoms. The van der Waals surface area contributed by atoms with E-state index >= 15 is 0 Å². The summed E-state index contributed by atoms with van der Waals surface area (Å²) in [4.78, 5) is 28.0. The molecule has 1 aromatic heterocycles. The van der Waals surface area contributed by atoms with Crippen molar-refractivity contribution in [1.29, 1.82) is 0 Å². The summed E-state index contributed by atoms with van der Waals surface area (Å²) < 4.78 is 135. The maximum atomic E-state index is 14.0. The summed E-state index contributed by atoms with van der Waals surface area (Å²) in [5.41, 5.74) is -12.8. The second-order valence-corrected chi connectivity index (χ2v) is 16.2. The Morgan fingerprint density at radius 2 is 1.50 bits per heavy atom. The van der Waals surface area contributed by atoms with E-state index in [4.69, 9.17) is 4.74 Å². The van der Waals surface area contributed by atoms with Crippen LogP contribution in [0, 0.1) is 0 Å². The number of halogens is 6. The minimum absolute atomic E-state index is 0.0628. The Morgan fingerprint density at radius 1 is 0.979 bits per heavy atom. The molecule has 1 saturated heterocycles. The molecule has 258 valence electrons. The van der Waals surface area contributed by atoms with Crippen LogP contribution >= 0.6 is 23.5 Å². The quantitative estimate of drug-likeness (QED) is 0.138. The summed E-state index contributed by atoms with van der Waals surface area (Å²) in [5, 5.41) is 10.4. The SMILES string of the molecule is CC(Sc1nn[nH]n1)C1=C(C(=O)OC(c2ccccc2)c2ccccc2)N2C(=O)C(N(S(=O)(=O)C(F)(F)F)S(=O)(=O)C(F)(F)F)[C@H]2SC1. The Morgan fingerprint density at radius 3 is 1.96 bits per heavy atom. The molecule has 0 spiro atoms. The van der Waals surface area contributed by atoms with Crippen molar-refractivity contribution in [2.75, 3.05) is 5.75 Å². The number of fused-ring (bicyclic) bond motifs is 1. The maximum absolute atomic E-state index is 14.0. The first kappa shape index (κ1) is 35.6. The fourth-order valence-electron chi connectivity index (χ4n) is 4.79. The van der Waals surface area contributed by atoms with E-state index in [9.17, 15) is 52.8 Å². The number of amides is 1. The summed E-state index contributed by atoms with van der Waals surface area (Å²) in [6, 6.07) is 13.3. The Labute approximate surface area is 276 Å². The molecule has 1 amide bonds. The van der Waals surface area contributed by atoms with Crippen molar-refractivity contribution in [3.8, 4) is 0 Å². The number of rotatable bonds is 10. The van der Waals surface area contributed by atoms with E-state index in [1.165, 1.54) is 6.92 Å². The first-order chi connectivity index (χ1) is 22.4. The number of ether oxygens (including phenoxy) is 1. The van der Waals surface area contributed by atoms with Gasteiger partial charge >= 0.3 is 37.0 Å². The normalized spacial score (nSPS) is 19.7. The number of esters is 1. The minimum Gasteiger partial charge on any atom is -0.448 e. The van der Waals surface area contributed by atoms with Crippen molar-refractivity contribution < 1.29 is 57.5 Å². The lowest BCUT2D eigenvalue weighted by molar-refractivity contribution is -0.155. The largest absolute Gasteiger partial charge is 0.512 e. The molecule has 2 unspecified atom stereocenters. The number of carbonyl (C=O) groups excluding carboxylic acids is 2. The summed E-state index contributed by atoms with van der Waals surface area (Å²) in [6.45, 7) is 1.52. The number of sulfonamides is 2. The number of thioether (sulfide) groups is 2. The van der Waals surface area contributed by atoms with Crippen LogP contribution in [-0.4, -0.2) is 91.4 Å². The number of hydrogen-bond donors (Lipinski definition) is 1. The molecular weight excluding hydrogens is 739 g/mol. The molecule has 3 aromatic rings. The zero-order valence-corrected chi connectivity index (χ0v) is 27.1. The number of nitrogens with zero attached hydrogens (tertiary/aromatic N) is 5. The van der Waals surface area contributed by atoms with E-state index in [0.717, 1.165) is 11.8 Å². The Hall–Kier alpha value is -3.67. The number of nitrogens with one attached hydrogen (secondary N) is 1. The van der Waals surface area contributed by atoms with E-state index in [-0.39, 0.29) is 10.7 Å². The van der Waals surface area contributed by atoms with E-state index in [2.05, 4.69) is 20.6 Å². The molecule has 5 rings (SSSR count). The highest BCUT2D eigenvalue weighted by molar-refractivity contribution is 8.05. The average molecular weight is 759 g/mol. The zero-order chi connectivity index (χ0) is 35.2. The van der Waals surface area contributed by atoms with Crippen LogP contribution in [0.5, 0.6) is 0 Å². The molecule has 2 aliphatic rings. The zero-order valence-electron chi connectivity index (χ0n) is 23.8. The van der Waals surface area contributed by atoms with E-state index < -0.39 is 80.9 Å². The van der Waals surface area contributed by atoms with Crippen molar-refractivity contribution in [1.82, 2.24) is 29.2 Å². The monoisotopic (exact) mass is 758 g/mol. The molecule has 3 heterocycles. The van der Waals surface area contributed by atoms with Gasteiger partial charge in [0.05, 0.1) is 0 Å².